The van der Waals surface area contributed by atoms with Crippen molar-refractivity contribution >= 4 is 5.78 Å². The van der Waals surface area contributed by atoms with Crippen LogP contribution in [0.25, 0.3) is 0 Å². The number of carbonyl (C=O) groups excluding carboxylic acids is 1. The van der Waals surface area contributed by atoms with Crippen LogP contribution in [0.3, 0.4) is 0 Å². The first kappa shape index (κ1) is 16.0. The van der Waals surface area contributed by atoms with E-state index in [2.05, 4.69) is 0 Å². The summed E-state index contributed by atoms with van der Waals surface area (Å²) in [5.41, 5.74) is 4.41. The molecule has 0 atom stereocenters. The third-order valence-corrected chi connectivity index (χ3v) is 4.42. The molecule has 0 unspecified atom stereocenters. The summed E-state index contributed by atoms with van der Waals surface area (Å²) in [5.74, 6) is -0.449. The molecule has 0 saturated heterocycles. The molecule has 0 aromatic heterocycles. The number of hydrogen-bond donors (Lipinski definition) is 1. The van der Waals surface area contributed by atoms with Gasteiger partial charge in [0.15, 0.2) is 5.78 Å². The molecule has 0 spiro atoms. The molecule has 2 N–H and O–H groups in total. The zero-order valence-corrected chi connectivity index (χ0v) is 11.9. The van der Waals surface area contributed by atoms with Gasteiger partial charge in [0.2, 0.25) is 0 Å². The van der Waals surface area contributed by atoms with Crippen molar-refractivity contribution in [2.24, 2.45) is 11.1 Å². The van der Waals surface area contributed by atoms with Crippen molar-refractivity contribution in [2.45, 2.75) is 44.7 Å². The van der Waals surface area contributed by atoms with E-state index >= 15 is 0 Å². The van der Waals surface area contributed by atoms with Gasteiger partial charge in [0, 0.05) is 12.0 Å². The van der Waals surface area contributed by atoms with Crippen LogP contribution < -0.4 is 5.73 Å². The van der Waals surface area contributed by atoms with Crippen LogP contribution in [0.2, 0.25) is 0 Å². The molecule has 0 bridgehead atoms. The maximum absolute atomic E-state index is 13.0. The summed E-state index contributed by atoms with van der Waals surface area (Å²) in [7, 11) is 0. The van der Waals surface area contributed by atoms with Gasteiger partial charge in [-0.3, -0.25) is 4.79 Å². The predicted molar refractivity (Wildman–Crippen MR) is 75.0 cm³/mol. The molecule has 1 fully saturated rings. The van der Waals surface area contributed by atoms with Gasteiger partial charge in [-0.25, -0.2) is 0 Å². The van der Waals surface area contributed by atoms with Gasteiger partial charge >= 0.3 is 6.18 Å². The van der Waals surface area contributed by atoms with Crippen LogP contribution >= 0.6 is 0 Å². The lowest BCUT2D eigenvalue weighted by atomic mass is 9.70. The number of Topliss-reactive ketones (excluding diaryl/α,β-unsaturated/α-hetero) is 1. The number of ketones is 1. The summed E-state index contributed by atoms with van der Waals surface area (Å²) in [6.07, 6.45) is 0.337. The molecule has 21 heavy (non-hydrogen) atoms. The van der Waals surface area contributed by atoms with Gasteiger partial charge in [0.05, 0.1) is 5.56 Å². The Morgan fingerprint density at radius 3 is 2.33 bits per heavy atom. The fourth-order valence-corrected chi connectivity index (χ4v) is 3.16. The fourth-order valence-electron chi connectivity index (χ4n) is 3.16. The third-order valence-electron chi connectivity index (χ3n) is 4.42. The van der Waals surface area contributed by atoms with Gasteiger partial charge < -0.3 is 5.73 Å². The zero-order valence-electron chi connectivity index (χ0n) is 11.9. The van der Waals surface area contributed by atoms with Gasteiger partial charge in [-0.15, -0.1) is 0 Å². The molecule has 0 radical (unpaired) electrons. The Morgan fingerprint density at radius 2 is 1.76 bits per heavy atom. The average Bonchev–Trinajstić information content (AvgIpc) is 2.47. The summed E-state index contributed by atoms with van der Waals surface area (Å²) in [6.45, 7) is 0.354. The molecule has 116 valence electrons. The van der Waals surface area contributed by atoms with Gasteiger partial charge in [-0.2, -0.15) is 13.2 Å². The van der Waals surface area contributed by atoms with Crippen molar-refractivity contribution in [3.8, 4) is 0 Å². The monoisotopic (exact) mass is 299 g/mol. The van der Waals surface area contributed by atoms with Crippen LogP contribution in [0.5, 0.6) is 0 Å². The minimum Gasteiger partial charge on any atom is -0.330 e. The van der Waals surface area contributed by atoms with Gasteiger partial charge in [0.1, 0.15) is 0 Å². The van der Waals surface area contributed by atoms with Crippen molar-refractivity contribution in [1.29, 1.82) is 0 Å². The molecule has 1 aromatic carbocycles. The second-order valence-electron chi connectivity index (χ2n) is 5.91. The fraction of sp³-hybridized carbons (Fsp3) is 0.562. The topological polar surface area (TPSA) is 43.1 Å². The molecule has 0 heterocycles. The number of benzene rings is 1. The van der Waals surface area contributed by atoms with E-state index in [-0.39, 0.29) is 17.4 Å². The molecule has 0 amide bonds. The second-order valence-corrected chi connectivity index (χ2v) is 5.91. The van der Waals surface area contributed by atoms with E-state index in [1.807, 2.05) is 0 Å². The highest BCUT2D eigenvalue weighted by Crippen LogP contribution is 2.40. The van der Waals surface area contributed by atoms with E-state index < -0.39 is 17.5 Å². The van der Waals surface area contributed by atoms with Crippen LogP contribution in [-0.2, 0) is 6.18 Å². The lowest BCUT2D eigenvalue weighted by Crippen LogP contribution is -2.35. The summed E-state index contributed by atoms with van der Waals surface area (Å²) in [4.78, 5) is 12.4. The molecule has 2 nitrogen and oxygen atoms in total. The van der Waals surface area contributed by atoms with Crippen LogP contribution in [0.15, 0.2) is 24.3 Å². The lowest BCUT2D eigenvalue weighted by molar-refractivity contribution is -0.137. The second kappa shape index (κ2) is 6.18. The molecular weight excluding hydrogens is 279 g/mol. The normalized spacial score (nSPS) is 18.5. The van der Waals surface area contributed by atoms with Crippen molar-refractivity contribution in [2.75, 3.05) is 6.54 Å². The number of carbonyl (C=O) groups is 1. The summed E-state index contributed by atoms with van der Waals surface area (Å²) in [6, 6.07) is 5.00. The lowest BCUT2D eigenvalue weighted by Gasteiger charge is -2.35. The number of halogens is 3. The Morgan fingerprint density at radius 1 is 1.14 bits per heavy atom. The molecule has 1 aliphatic rings. The van der Waals surface area contributed by atoms with Crippen LogP contribution in [-0.4, -0.2) is 12.3 Å². The molecule has 5 heteroatoms. The minimum atomic E-state index is -4.51. The maximum atomic E-state index is 13.0. The Kier molecular flexibility index (Phi) is 4.71. The van der Waals surface area contributed by atoms with Crippen LogP contribution in [0.4, 0.5) is 13.2 Å². The zero-order chi connectivity index (χ0) is 15.5. The Hall–Kier alpha value is -1.36. The summed E-state index contributed by atoms with van der Waals surface area (Å²) in [5, 5.41) is 0. The number of alkyl halides is 3. The van der Waals surface area contributed by atoms with Crippen LogP contribution in [0, 0.1) is 5.41 Å². The van der Waals surface area contributed by atoms with E-state index in [9.17, 15) is 18.0 Å². The van der Waals surface area contributed by atoms with Gasteiger partial charge in [-0.05, 0) is 30.9 Å². The van der Waals surface area contributed by atoms with Crippen molar-refractivity contribution in [1.82, 2.24) is 0 Å². The Bertz CT molecular complexity index is 504. The number of hydrogen-bond acceptors (Lipinski definition) is 2. The summed E-state index contributed by atoms with van der Waals surface area (Å²) >= 11 is 0. The third kappa shape index (κ3) is 3.64. The summed E-state index contributed by atoms with van der Waals surface area (Å²) < 4.78 is 39.0. The van der Waals surface area contributed by atoms with E-state index in [1.54, 1.807) is 0 Å². The van der Waals surface area contributed by atoms with E-state index in [0.717, 1.165) is 38.2 Å². The highest BCUT2D eigenvalue weighted by Gasteiger charge is 2.38. The molecule has 1 aromatic rings. The molecular formula is C16H20F3NO. The Labute approximate surface area is 122 Å². The van der Waals surface area contributed by atoms with E-state index in [4.69, 9.17) is 5.73 Å². The van der Waals surface area contributed by atoms with E-state index in [1.165, 1.54) is 18.2 Å². The Balaban J connectivity index is 2.24. The van der Waals surface area contributed by atoms with Gasteiger partial charge in [0.25, 0.3) is 0 Å². The first-order valence-electron chi connectivity index (χ1n) is 7.27. The highest BCUT2D eigenvalue weighted by molar-refractivity contribution is 5.98. The smallest absolute Gasteiger partial charge is 0.330 e. The quantitative estimate of drug-likeness (QED) is 0.847. The van der Waals surface area contributed by atoms with Crippen molar-refractivity contribution < 1.29 is 18.0 Å². The van der Waals surface area contributed by atoms with Crippen molar-refractivity contribution in [3.63, 3.8) is 0 Å². The molecule has 1 saturated carbocycles. The molecule has 0 aliphatic heterocycles. The minimum absolute atomic E-state index is 0.108. The largest absolute Gasteiger partial charge is 0.417 e. The number of nitrogens with two attached hydrogens (primary N) is 1. The predicted octanol–water partition coefficient (Wildman–Crippen LogP) is 4.19. The van der Waals surface area contributed by atoms with Crippen LogP contribution in [0.1, 0.15) is 54.4 Å². The standard InChI is InChI=1S/C16H20F3NO/c17-16(18,19)13-7-3-2-6-12(13)14(21)10-15(11-20)8-4-1-5-9-15/h2-3,6-7H,1,4-5,8-11,20H2. The molecule has 2 rings (SSSR count). The molecule has 1 aliphatic carbocycles. The average molecular weight is 299 g/mol. The first-order valence-corrected chi connectivity index (χ1v) is 7.27. The van der Waals surface area contributed by atoms with Crippen molar-refractivity contribution in [3.05, 3.63) is 35.4 Å². The van der Waals surface area contributed by atoms with Gasteiger partial charge in [-0.1, -0.05) is 37.5 Å². The maximum Gasteiger partial charge on any atom is 0.417 e. The van der Waals surface area contributed by atoms with E-state index in [0.29, 0.717) is 6.54 Å². The first-order chi connectivity index (χ1) is 9.88. The SMILES string of the molecule is NCC1(CC(=O)c2ccccc2C(F)(F)F)CCCCC1. The number of rotatable bonds is 4. The highest BCUT2D eigenvalue weighted by atomic mass is 19.4.